The summed E-state index contributed by atoms with van der Waals surface area (Å²) in [6, 6.07) is 10.2. The fourth-order valence-electron chi connectivity index (χ4n) is 3.10. The van der Waals surface area contributed by atoms with E-state index < -0.39 is 26.6 Å². The van der Waals surface area contributed by atoms with Gasteiger partial charge in [0, 0.05) is 23.2 Å². The SMILES string of the molecule is O=S1(=O)NC(=NCc2ncccc2O)Nc2c1cc(F)c(F)c2Cc1ccccc1Cl. The third-order valence-corrected chi connectivity index (χ3v) is 6.35. The lowest BCUT2D eigenvalue weighted by Gasteiger charge is -2.24. The lowest BCUT2D eigenvalue weighted by molar-refractivity contribution is 0.464. The van der Waals surface area contributed by atoms with E-state index in [1.165, 1.54) is 18.3 Å². The maximum Gasteiger partial charge on any atom is 0.266 e. The Labute approximate surface area is 181 Å². The zero-order chi connectivity index (χ0) is 22.2. The first-order chi connectivity index (χ1) is 14.8. The number of halogens is 3. The van der Waals surface area contributed by atoms with Crippen LogP contribution in [0.4, 0.5) is 14.5 Å². The average molecular weight is 465 g/mol. The van der Waals surface area contributed by atoms with Gasteiger partial charge in [0.15, 0.2) is 11.6 Å². The highest BCUT2D eigenvalue weighted by atomic mass is 35.5. The summed E-state index contributed by atoms with van der Waals surface area (Å²) >= 11 is 6.14. The van der Waals surface area contributed by atoms with Gasteiger partial charge in [-0.15, -0.1) is 0 Å². The number of nitrogens with one attached hydrogen (secondary N) is 2. The quantitative estimate of drug-likeness (QED) is 0.547. The molecule has 0 fully saturated rings. The van der Waals surface area contributed by atoms with Crippen LogP contribution in [-0.2, 0) is 23.0 Å². The molecule has 4 rings (SSSR count). The Balaban J connectivity index is 1.78. The van der Waals surface area contributed by atoms with Crippen molar-refractivity contribution in [1.82, 2.24) is 9.71 Å². The van der Waals surface area contributed by atoms with Crippen LogP contribution in [-0.4, -0.2) is 24.5 Å². The Morgan fingerprint density at radius 2 is 1.94 bits per heavy atom. The van der Waals surface area contributed by atoms with Crippen LogP contribution < -0.4 is 10.0 Å². The van der Waals surface area contributed by atoms with Gasteiger partial charge in [-0.05, 0) is 29.8 Å². The zero-order valence-electron chi connectivity index (χ0n) is 15.7. The van der Waals surface area contributed by atoms with Gasteiger partial charge in [0.05, 0.1) is 12.2 Å². The highest BCUT2D eigenvalue weighted by Gasteiger charge is 2.32. The molecule has 0 atom stereocenters. The molecular weight excluding hydrogens is 450 g/mol. The molecule has 1 aromatic heterocycles. The second-order valence-electron chi connectivity index (χ2n) is 6.66. The number of benzene rings is 2. The van der Waals surface area contributed by atoms with Gasteiger partial charge < -0.3 is 10.4 Å². The number of fused-ring (bicyclic) bond motifs is 1. The van der Waals surface area contributed by atoms with Crippen molar-refractivity contribution in [3.05, 3.63) is 82.1 Å². The Bertz CT molecular complexity index is 1320. The van der Waals surface area contributed by atoms with Gasteiger partial charge >= 0.3 is 0 Å². The van der Waals surface area contributed by atoms with Crippen LogP contribution in [0.15, 0.2) is 58.5 Å². The molecule has 0 bridgehead atoms. The standard InChI is InChI=1S/C20H15ClF2N4O3S/c21-13-5-2-1-4-11(13)8-12-18(23)14(22)9-17-19(12)26-20(27-31(17,29)30)25-10-15-16(28)6-3-7-24-15/h1-7,9,28H,8,10H2,(H2,25,26,27). The molecule has 3 N–H and O–H groups in total. The molecule has 0 aliphatic carbocycles. The molecule has 7 nitrogen and oxygen atoms in total. The third-order valence-electron chi connectivity index (χ3n) is 4.62. The van der Waals surface area contributed by atoms with Gasteiger partial charge in [0.1, 0.15) is 16.3 Å². The van der Waals surface area contributed by atoms with E-state index in [4.69, 9.17) is 11.6 Å². The molecule has 1 aliphatic rings. The maximum absolute atomic E-state index is 14.7. The van der Waals surface area contributed by atoms with Crippen LogP contribution in [0.2, 0.25) is 5.02 Å². The molecule has 2 aromatic carbocycles. The summed E-state index contributed by atoms with van der Waals surface area (Å²) in [5.41, 5.74) is 0.358. The van der Waals surface area contributed by atoms with Gasteiger partial charge in [-0.2, -0.15) is 0 Å². The van der Waals surface area contributed by atoms with Crippen molar-refractivity contribution in [1.29, 1.82) is 0 Å². The number of sulfonamides is 1. The van der Waals surface area contributed by atoms with Crippen LogP contribution in [0.25, 0.3) is 0 Å². The molecular formula is C20H15ClF2N4O3S. The van der Waals surface area contributed by atoms with Gasteiger partial charge in [0.2, 0.25) is 5.96 Å². The minimum Gasteiger partial charge on any atom is -0.506 e. The van der Waals surface area contributed by atoms with Gasteiger partial charge in [0.25, 0.3) is 10.0 Å². The molecule has 160 valence electrons. The molecule has 0 amide bonds. The summed E-state index contributed by atoms with van der Waals surface area (Å²) in [4.78, 5) is 7.59. The number of rotatable bonds is 4. The summed E-state index contributed by atoms with van der Waals surface area (Å²) in [6.07, 6.45) is 1.30. The number of hydrogen-bond acceptors (Lipinski definition) is 5. The first-order valence-electron chi connectivity index (χ1n) is 8.97. The van der Waals surface area contributed by atoms with E-state index in [9.17, 15) is 22.3 Å². The lowest BCUT2D eigenvalue weighted by atomic mass is 10.0. The van der Waals surface area contributed by atoms with E-state index in [1.807, 2.05) is 0 Å². The summed E-state index contributed by atoms with van der Waals surface area (Å²) < 4.78 is 56.5. The molecule has 31 heavy (non-hydrogen) atoms. The van der Waals surface area contributed by atoms with Gasteiger partial charge in [-0.3, -0.25) is 4.98 Å². The smallest absolute Gasteiger partial charge is 0.266 e. The zero-order valence-corrected chi connectivity index (χ0v) is 17.3. The van der Waals surface area contributed by atoms with E-state index >= 15 is 0 Å². The predicted molar refractivity (Wildman–Crippen MR) is 112 cm³/mol. The first kappa shape index (κ1) is 21.0. The van der Waals surface area contributed by atoms with Crippen LogP contribution in [0, 0.1) is 11.6 Å². The molecule has 11 heteroatoms. The fraction of sp³-hybridized carbons (Fsp3) is 0.100. The van der Waals surface area contributed by atoms with Crippen LogP contribution >= 0.6 is 11.6 Å². The number of pyridine rings is 1. The Hall–Kier alpha value is -3.24. The fourth-order valence-corrected chi connectivity index (χ4v) is 4.49. The molecule has 2 heterocycles. The summed E-state index contributed by atoms with van der Waals surface area (Å²) in [5, 5.41) is 12.9. The number of guanidine groups is 1. The topological polar surface area (TPSA) is 104 Å². The normalized spacial score (nSPS) is 15.8. The van der Waals surface area contributed by atoms with E-state index in [-0.39, 0.29) is 41.6 Å². The summed E-state index contributed by atoms with van der Waals surface area (Å²) in [5.74, 6) is -2.82. The van der Waals surface area contributed by atoms with Crippen LogP contribution in [0.1, 0.15) is 16.8 Å². The van der Waals surface area contributed by atoms with E-state index in [2.05, 4.69) is 20.0 Å². The number of aromatic nitrogens is 1. The second kappa shape index (κ2) is 8.12. The Morgan fingerprint density at radius 3 is 2.68 bits per heavy atom. The van der Waals surface area contributed by atoms with E-state index in [0.717, 1.165) is 0 Å². The van der Waals surface area contributed by atoms with Crippen molar-refractivity contribution in [2.24, 2.45) is 4.99 Å². The molecule has 0 spiro atoms. The monoisotopic (exact) mass is 464 g/mol. The van der Waals surface area contributed by atoms with Crippen molar-refractivity contribution in [3.8, 4) is 5.75 Å². The van der Waals surface area contributed by atoms with E-state index in [0.29, 0.717) is 16.7 Å². The van der Waals surface area contributed by atoms with Gasteiger partial charge in [-0.25, -0.2) is 26.9 Å². The largest absolute Gasteiger partial charge is 0.506 e. The van der Waals surface area contributed by atoms with Crippen molar-refractivity contribution >= 4 is 33.3 Å². The number of nitrogens with zero attached hydrogens (tertiary/aromatic N) is 2. The highest BCUT2D eigenvalue weighted by molar-refractivity contribution is 7.90. The first-order valence-corrected chi connectivity index (χ1v) is 10.8. The number of anilines is 1. The molecule has 0 radical (unpaired) electrons. The minimum atomic E-state index is -4.24. The molecule has 0 unspecified atom stereocenters. The minimum absolute atomic E-state index is 0.113. The second-order valence-corrected chi connectivity index (χ2v) is 8.71. The number of aliphatic imine (C=N–C) groups is 1. The average Bonchev–Trinajstić information content (AvgIpc) is 2.72. The Kier molecular flexibility index (Phi) is 5.50. The number of aromatic hydroxyl groups is 1. The molecule has 0 saturated heterocycles. The highest BCUT2D eigenvalue weighted by Crippen LogP contribution is 2.35. The van der Waals surface area contributed by atoms with Crippen molar-refractivity contribution in [2.45, 2.75) is 17.9 Å². The van der Waals surface area contributed by atoms with Crippen molar-refractivity contribution in [3.63, 3.8) is 0 Å². The van der Waals surface area contributed by atoms with Crippen LogP contribution in [0.3, 0.4) is 0 Å². The summed E-state index contributed by atoms with van der Waals surface area (Å²) in [6.45, 7) is -0.156. The molecule has 3 aromatic rings. The van der Waals surface area contributed by atoms with Crippen molar-refractivity contribution in [2.75, 3.05) is 5.32 Å². The molecule has 0 saturated carbocycles. The predicted octanol–water partition coefficient (Wildman–Crippen LogP) is 3.57. The van der Waals surface area contributed by atoms with Crippen molar-refractivity contribution < 1.29 is 22.3 Å². The third kappa shape index (κ3) is 4.17. The summed E-state index contributed by atoms with van der Waals surface area (Å²) in [7, 11) is -4.24. The van der Waals surface area contributed by atoms with E-state index in [1.54, 1.807) is 24.3 Å². The number of hydrogen-bond donors (Lipinski definition) is 3. The Morgan fingerprint density at radius 1 is 1.16 bits per heavy atom. The van der Waals surface area contributed by atoms with Gasteiger partial charge in [-0.1, -0.05) is 29.8 Å². The van der Waals surface area contributed by atoms with Crippen LogP contribution in [0.5, 0.6) is 5.75 Å². The lowest BCUT2D eigenvalue weighted by Crippen LogP contribution is -2.41. The maximum atomic E-state index is 14.7. The molecule has 1 aliphatic heterocycles.